The van der Waals surface area contributed by atoms with Crippen molar-refractivity contribution in [2.45, 2.75) is 25.9 Å². The molecule has 0 radical (unpaired) electrons. The van der Waals surface area contributed by atoms with Crippen LogP contribution in [-0.2, 0) is 0 Å². The van der Waals surface area contributed by atoms with Crippen molar-refractivity contribution in [1.82, 2.24) is 5.32 Å². The van der Waals surface area contributed by atoms with Gasteiger partial charge in [-0.2, -0.15) is 0 Å². The first-order valence-corrected chi connectivity index (χ1v) is 7.80. The van der Waals surface area contributed by atoms with Crippen molar-refractivity contribution in [3.05, 3.63) is 71.8 Å². The highest BCUT2D eigenvalue weighted by molar-refractivity contribution is 5.90. The molecule has 3 rings (SSSR count). The zero-order chi connectivity index (χ0) is 15.5. The van der Waals surface area contributed by atoms with Gasteiger partial charge < -0.3 is 10.5 Å². The highest BCUT2D eigenvalue weighted by Crippen LogP contribution is 2.38. The van der Waals surface area contributed by atoms with E-state index in [0.717, 1.165) is 5.71 Å². The van der Waals surface area contributed by atoms with Gasteiger partial charge in [-0.3, -0.25) is 0 Å². The van der Waals surface area contributed by atoms with Crippen LogP contribution in [0.3, 0.4) is 0 Å². The Balaban J connectivity index is 1.99. The van der Waals surface area contributed by atoms with Crippen molar-refractivity contribution >= 4 is 5.71 Å². The Bertz CT molecular complexity index is 585. The molecule has 0 aliphatic carbocycles. The van der Waals surface area contributed by atoms with Gasteiger partial charge in [0.05, 0.1) is 5.71 Å². The fourth-order valence-electron chi connectivity index (χ4n) is 3.51. The van der Waals surface area contributed by atoms with E-state index in [1.165, 1.54) is 11.1 Å². The number of nitrogens with one attached hydrogen (secondary N) is 1. The van der Waals surface area contributed by atoms with Gasteiger partial charge in [-0.05, 0) is 11.1 Å². The molecule has 2 aromatic rings. The van der Waals surface area contributed by atoms with Gasteiger partial charge in [-0.1, -0.05) is 79.7 Å². The Labute approximate surface area is 131 Å². The predicted octanol–water partition coefficient (Wildman–Crippen LogP) is 4.17. The molecule has 1 aliphatic heterocycles. The molecule has 3 nitrogen and oxygen atoms in total. The molecule has 0 spiro atoms. The highest BCUT2D eigenvalue weighted by Gasteiger charge is 2.38. The van der Waals surface area contributed by atoms with Gasteiger partial charge >= 0.3 is 0 Å². The second kappa shape index (κ2) is 6.32. The third-order valence-electron chi connectivity index (χ3n) is 4.73. The van der Waals surface area contributed by atoms with Crippen LogP contribution in [0.5, 0.6) is 0 Å². The number of rotatable bonds is 2. The number of piperidine rings is 1. The van der Waals surface area contributed by atoms with Crippen molar-refractivity contribution in [2.24, 2.45) is 17.0 Å². The third kappa shape index (κ3) is 2.64. The molecule has 114 valence electrons. The SMILES string of the molecule is C[C@@H]1C(=NO)[C@@H](C)[C@H](c2ccccc2)N[C@H]1c1ccccc1. The summed E-state index contributed by atoms with van der Waals surface area (Å²) in [6.45, 7) is 4.24. The van der Waals surface area contributed by atoms with Crippen LogP contribution in [0.15, 0.2) is 65.8 Å². The van der Waals surface area contributed by atoms with Gasteiger partial charge in [0.15, 0.2) is 0 Å². The van der Waals surface area contributed by atoms with Crippen molar-refractivity contribution < 1.29 is 5.21 Å². The average Bonchev–Trinajstić information content (AvgIpc) is 2.57. The minimum absolute atomic E-state index is 0.147. The van der Waals surface area contributed by atoms with Gasteiger partial charge in [0.1, 0.15) is 0 Å². The molecule has 2 aromatic carbocycles. The number of nitrogens with zero attached hydrogens (tertiary/aromatic N) is 1. The molecule has 22 heavy (non-hydrogen) atoms. The maximum atomic E-state index is 9.52. The monoisotopic (exact) mass is 294 g/mol. The molecular weight excluding hydrogens is 272 g/mol. The normalized spacial score (nSPS) is 28.4. The quantitative estimate of drug-likeness (QED) is 0.645. The van der Waals surface area contributed by atoms with E-state index in [1.807, 2.05) is 12.1 Å². The molecule has 0 saturated carbocycles. The smallest absolute Gasteiger partial charge is 0.0664 e. The van der Waals surface area contributed by atoms with E-state index in [-0.39, 0.29) is 23.9 Å². The first kappa shape index (κ1) is 14.8. The molecule has 1 heterocycles. The summed E-state index contributed by atoms with van der Waals surface area (Å²) in [7, 11) is 0. The van der Waals surface area contributed by atoms with E-state index in [9.17, 15) is 5.21 Å². The average molecular weight is 294 g/mol. The maximum Gasteiger partial charge on any atom is 0.0664 e. The number of oxime groups is 1. The molecule has 0 bridgehead atoms. The summed E-state index contributed by atoms with van der Waals surface area (Å²) in [5.74, 6) is 0.310. The Morgan fingerprint density at radius 3 is 1.55 bits per heavy atom. The zero-order valence-corrected chi connectivity index (χ0v) is 13.0. The lowest BCUT2D eigenvalue weighted by Gasteiger charge is -2.41. The summed E-state index contributed by atoms with van der Waals surface area (Å²) in [4.78, 5) is 0. The summed E-state index contributed by atoms with van der Waals surface area (Å²) in [5, 5.41) is 16.9. The molecule has 0 amide bonds. The Morgan fingerprint density at radius 1 is 0.773 bits per heavy atom. The Hall–Kier alpha value is -2.13. The van der Waals surface area contributed by atoms with Crippen LogP contribution < -0.4 is 5.32 Å². The van der Waals surface area contributed by atoms with Crippen LogP contribution in [-0.4, -0.2) is 10.9 Å². The molecule has 1 fully saturated rings. The standard InChI is InChI=1S/C19H22N2O/c1-13-17(21-22)14(2)19(16-11-7-4-8-12-16)20-18(13)15-9-5-3-6-10-15/h3-14,18-20,22H,1-2H3/t13-,14-,18-,19-/m1/s1. The molecular formula is C19H22N2O. The van der Waals surface area contributed by atoms with Gasteiger partial charge in [0.2, 0.25) is 0 Å². The van der Waals surface area contributed by atoms with E-state index in [2.05, 4.69) is 72.9 Å². The number of benzene rings is 2. The molecule has 4 atom stereocenters. The highest BCUT2D eigenvalue weighted by atomic mass is 16.4. The van der Waals surface area contributed by atoms with Crippen molar-refractivity contribution in [2.75, 3.05) is 0 Å². The van der Waals surface area contributed by atoms with Crippen LogP contribution in [0.4, 0.5) is 0 Å². The van der Waals surface area contributed by atoms with Gasteiger partial charge in [-0.25, -0.2) is 0 Å². The van der Waals surface area contributed by atoms with E-state index in [0.29, 0.717) is 0 Å². The lowest BCUT2D eigenvalue weighted by molar-refractivity contribution is 0.271. The van der Waals surface area contributed by atoms with E-state index >= 15 is 0 Å². The maximum absolute atomic E-state index is 9.52. The molecule has 1 saturated heterocycles. The van der Waals surface area contributed by atoms with Crippen molar-refractivity contribution in [1.29, 1.82) is 0 Å². The van der Waals surface area contributed by atoms with Crippen molar-refractivity contribution in [3.8, 4) is 0 Å². The lowest BCUT2D eigenvalue weighted by Crippen LogP contribution is -2.46. The van der Waals surface area contributed by atoms with Crippen LogP contribution in [0.1, 0.15) is 37.1 Å². The first-order chi connectivity index (χ1) is 10.7. The largest absolute Gasteiger partial charge is 0.411 e. The molecule has 0 aromatic heterocycles. The predicted molar refractivity (Wildman–Crippen MR) is 89.1 cm³/mol. The second-order valence-corrected chi connectivity index (χ2v) is 6.05. The molecule has 3 heteroatoms. The summed E-state index contributed by atoms with van der Waals surface area (Å²) >= 11 is 0. The Morgan fingerprint density at radius 2 is 1.18 bits per heavy atom. The fraction of sp³-hybridized carbons (Fsp3) is 0.316. The fourth-order valence-corrected chi connectivity index (χ4v) is 3.51. The van der Waals surface area contributed by atoms with Gasteiger partial charge in [0, 0.05) is 23.9 Å². The van der Waals surface area contributed by atoms with Crippen LogP contribution in [0, 0.1) is 11.8 Å². The minimum atomic E-state index is 0.147. The topological polar surface area (TPSA) is 44.6 Å². The van der Waals surface area contributed by atoms with Crippen molar-refractivity contribution in [3.63, 3.8) is 0 Å². The van der Waals surface area contributed by atoms with E-state index in [1.54, 1.807) is 0 Å². The summed E-state index contributed by atoms with van der Waals surface area (Å²) < 4.78 is 0. The summed E-state index contributed by atoms with van der Waals surface area (Å²) in [6.07, 6.45) is 0. The summed E-state index contributed by atoms with van der Waals surface area (Å²) in [5.41, 5.74) is 3.31. The Kier molecular flexibility index (Phi) is 4.25. The zero-order valence-electron chi connectivity index (χ0n) is 13.0. The minimum Gasteiger partial charge on any atom is -0.411 e. The molecule has 2 N–H and O–H groups in total. The number of hydrogen-bond acceptors (Lipinski definition) is 3. The summed E-state index contributed by atoms with van der Waals surface area (Å²) in [6, 6.07) is 21.0. The third-order valence-corrected chi connectivity index (χ3v) is 4.73. The number of hydrogen-bond donors (Lipinski definition) is 2. The molecule has 0 unspecified atom stereocenters. The molecule has 1 aliphatic rings. The first-order valence-electron chi connectivity index (χ1n) is 7.80. The van der Waals surface area contributed by atoms with E-state index < -0.39 is 0 Å². The van der Waals surface area contributed by atoms with E-state index in [4.69, 9.17) is 0 Å². The second-order valence-electron chi connectivity index (χ2n) is 6.05. The van der Waals surface area contributed by atoms with Gasteiger partial charge in [-0.15, -0.1) is 0 Å². The van der Waals surface area contributed by atoms with Crippen LogP contribution in [0.2, 0.25) is 0 Å². The van der Waals surface area contributed by atoms with Gasteiger partial charge in [0.25, 0.3) is 0 Å². The van der Waals surface area contributed by atoms with Crippen LogP contribution in [0.25, 0.3) is 0 Å². The lowest BCUT2D eigenvalue weighted by atomic mass is 9.75. The van der Waals surface area contributed by atoms with Crippen LogP contribution >= 0.6 is 0 Å².